The smallest absolute Gasteiger partial charge is 0.228 e. The van der Waals surface area contributed by atoms with E-state index >= 15 is 0 Å². The van der Waals surface area contributed by atoms with Crippen LogP contribution in [-0.2, 0) is 9.53 Å². The van der Waals surface area contributed by atoms with Crippen molar-refractivity contribution >= 4 is 5.91 Å². The Labute approximate surface area is 104 Å². The van der Waals surface area contributed by atoms with Crippen LogP contribution in [0.1, 0.15) is 27.2 Å². The van der Waals surface area contributed by atoms with Gasteiger partial charge in [-0.2, -0.15) is 0 Å². The van der Waals surface area contributed by atoms with Gasteiger partial charge in [0.25, 0.3) is 0 Å². The molecule has 0 bridgehead atoms. The molecular formula is C13H24N2O2. The highest BCUT2D eigenvalue weighted by molar-refractivity contribution is 5.80. The maximum atomic E-state index is 12.5. The van der Waals surface area contributed by atoms with Crippen LogP contribution >= 0.6 is 0 Å². The molecule has 0 aromatic carbocycles. The SMILES string of the molecule is CC1OC(C)C(C(=O)N2CCCNCC2)C1C. The van der Waals surface area contributed by atoms with E-state index in [4.69, 9.17) is 4.74 Å². The predicted molar refractivity (Wildman–Crippen MR) is 66.7 cm³/mol. The molecule has 4 nitrogen and oxygen atoms in total. The van der Waals surface area contributed by atoms with E-state index in [0.29, 0.717) is 5.92 Å². The summed E-state index contributed by atoms with van der Waals surface area (Å²) in [6, 6.07) is 0. The fourth-order valence-electron chi connectivity index (χ4n) is 2.97. The van der Waals surface area contributed by atoms with Crippen molar-refractivity contribution in [3.8, 4) is 0 Å². The number of rotatable bonds is 1. The van der Waals surface area contributed by atoms with Gasteiger partial charge in [-0.1, -0.05) is 6.92 Å². The third-order valence-electron chi connectivity index (χ3n) is 4.18. The molecule has 2 fully saturated rings. The number of amides is 1. The molecule has 1 N–H and O–H groups in total. The minimum atomic E-state index is 0.0445. The van der Waals surface area contributed by atoms with Gasteiger partial charge in [0.05, 0.1) is 18.1 Å². The summed E-state index contributed by atoms with van der Waals surface area (Å²) in [5.74, 6) is 0.662. The lowest BCUT2D eigenvalue weighted by atomic mass is 9.88. The van der Waals surface area contributed by atoms with Crippen LogP contribution in [0.25, 0.3) is 0 Å². The molecule has 4 heteroatoms. The number of hydrogen-bond donors (Lipinski definition) is 1. The van der Waals surface area contributed by atoms with E-state index in [1.165, 1.54) is 0 Å². The van der Waals surface area contributed by atoms with E-state index < -0.39 is 0 Å². The van der Waals surface area contributed by atoms with E-state index in [2.05, 4.69) is 19.2 Å². The second-order valence-electron chi connectivity index (χ2n) is 5.36. The molecule has 0 aromatic rings. The molecule has 0 spiro atoms. The van der Waals surface area contributed by atoms with Crippen molar-refractivity contribution in [2.45, 2.75) is 39.4 Å². The Balaban J connectivity index is 2.03. The van der Waals surface area contributed by atoms with Crippen LogP contribution in [0.3, 0.4) is 0 Å². The zero-order chi connectivity index (χ0) is 12.4. The molecule has 2 aliphatic heterocycles. The van der Waals surface area contributed by atoms with Gasteiger partial charge in [0, 0.05) is 19.6 Å². The van der Waals surface area contributed by atoms with Gasteiger partial charge in [0.15, 0.2) is 0 Å². The summed E-state index contributed by atoms with van der Waals surface area (Å²) >= 11 is 0. The van der Waals surface area contributed by atoms with Gasteiger partial charge in [-0.25, -0.2) is 0 Å². The summed E-state index contributed by atoms with van der Waals surface area (Å²) in [6.45, 7) is 9.88. The standard InChI is InChI=1S/C13H24N2O2/c1-9-10(2)17-11(3)12(9)13(16)15-7-4-5-14-6-8-15/h9-12,14H,4-8H2,1-3H3. The molecule has 98 valence electrons. The molecule has 4 unspecified atom stereocenters. The summed E-state index contributed by atoms with van der Waals surface area (Å²) in [7, 11) is 0. The molecule has 0 aromatic heterocycles. The van der Waals surface area contributed by atoms with Gasteiger partial charge in [-0.3, -0.25) is 4.79 Å². The van der Waals surface area contributed by atoms with Crippen LogP contribution in [0.4, 0.5) is 0 Å². The van der Waals surface area contributed by atoms with Gasteiger partial charge < -0.3 is 15.0 Å². The monoisotopic (exact) mass is 240 g/mol. The Bertz CT molecular complexity index is 275. The van der Waals surface area contributed by atoms with Crippen molar-refractivity contribution in [2.24, 2.45) is 11.8 Å². The lowest BCUT2D eigenvalue weighted by Crippen LogP contribution is -2.42. The number of carbonyl (C=O) groups excluding carboxylic acids is 1. The first kappa shape index (κ1) is 12.8. The van der Waals surface area contributed by atoms with E-state index in [1.807, 2.05) is 11.8 Å². The molecule has 0 saturated carbocycles. The van der Waals surface area contributed by atoms with Crippen LogP contribution in [0.5, 0.6) is 0 Å². The Morgan fingerprint density at radius 2 is 1.94 bits per heavy atom. The van der Waals surface area contributed by atoms with Crippen molar-refractivity contribution in [3.63, 3.8) is 0 Å². The van der Waals surface area contributed by atoms with Crippen molar-refractivity contribution in [1.29, 1.82) is 0 Å². The van der Waals surface area contributed by atoms with Crippen LogP contribution in [0.2, 0.25) is 0 Å². The van der Waals surface area contributed by atoms with E-state index in [-0.39, 0.29) is 24.0 Å². The average Bonchev–Trinajstić information content (AvgIpc) is 2.52. The summed E-state index contributed by atoms with van der Waals surface area (Å²) in [5.41, 5.74) is 0. The molecule has 2 aliphatic rings. The Morgan fingerprint density at radius 3 is 2.59 bits per heavy atom. The highest BCUT2D eigenvalue weighted by Gasteiger charge is 2.43. The van der Waals surface area contributed by atoms with E-state index in [0.717, 1.165) is 32.6 Å². The zero-order valence-electron chi connectivity index (χ0n) is 11.1. The number of nitrogens with one attached hydrogen (secondary N) is 1. The van der Waals surface area contributed by atoms with Gasteiger partial charge in [0.2, 0.25) is 5.91 Å². The first-order chi connectivity index (χ1) is 8.11. The van der Waals surface area contributed by atoms with Gasteiger partial charge >= 0.3 is 0 Å². The van der Waals surface area contributed by atoms with E-state index in [9.17, 15) is 4.79 Å². The second kappa shape index (κ2) is 5.36. The minimum Gasteiger partial charge on any atom is -0.374 e. The molecule has 0 radical (unpaired) electrons. The molecule has 2 saturated heterocycles. The highest BCUT2D eigenvalue weighted by atomic mass is 16.5. The predicted octanol–water partition coefficient (Wildman–Crippen LogP) is 0.868. The largest absolute Gasteiger partial charge is 0.374 e. The van der Waals surface area contributed by atoms with Crippen LogP contribution in [-0.4, -0.2) is 49.2 Å². The maximum absolute atomic E-state index is 12.5. The molecule has 0 aliphatic carbocycles. The van der Waals surface area contributed by atoms with E-state index in [1.54, 1.807) is 0 Å². The fourth-order valence-corrected chi connectivity index (χ4v) is 2.97. The van der Waals surface area contributed by atoms with Crippen molar-refractivity contribution in [3.05, 3.63) is 0 Å². The first-order valence-corrected chi connectivity index (χ1v) is 6.76. The fraction of sp³-hybridized carbons (Fsp3) is 0.923. The highest BCUT2D eigenvalue weighted by Crippen LogP contribution is 2.33. The molecule has 17 heavy (non-hydrogen) atoms. The zero-order valence-corrected chi connectivity index (χ0v) is 11.1. The molecule has 1 amide bonds. The maximum Gasteiger partial charge on any atom is 0.228 e. The Kier molecular flexibility index (Phi) is 4.05. The number of carbonyl (C=O) groups is 1. The normalized spacial score (nSPS) is 39.1. The van der Waals surface area contributed by atoms with Crippen LogP contribution in [0, 0.1) is 11.8 Å². The van der Waals surface area contributed by atoms with Crippen molar-refractivity contribution in [1.82, 2.24) is 10.2 Å². The third-order valence-corrected chi connectivity index (χ3v) is 4.18. The summed E-state index contributed by atoms with van der Waals surface area (Å²) in [4.78, 5) is 14.6. The number of ether oxygens (including phenoxy) is 1. The van der Waals surface area contributed by atoms with Gasteiger partial charge in [-0.15, -0.1) is 0 Å². The first-order valence-electron chi connectivity index (χ1n) is 6.76. The third kappa shape index (κ3) is 2.63. The Morgan fingerprint density at radius 1 is 1.18 bits per heavy atom. The van der Waals surface area contributed by atoms with Crippen LogP contribution < -0.4 is 5.32 Å². The Hall–Kier alpha value is -0.610. The molecule has 4 atom stereocenters. The number of nitrogens with zero attached hydrogens (tertiary/aromatic N) is 1. The number of hydrogen-bond acceptors (Lipinski definition) is 3. The van der Waals surface area contributed by atoms with Crippen molar-refractivity contribution < 1.29 is 9.53 Å². The lowest BCUT2D eigenvalue weighted by Gasteiger charge is -2.27. The molecule has 2 heterocycles. The second-order valence-corrected chi connectivity index (χ2v) is 5.36. The lowest BCUT2D eigenvalue weighted by molar-refractivity contribution is -0.137. The average molecular weight is 240 g/mol. The summed E-state index contributed by atoms with van der Waals surface area (Å²) in [6.07, 6.45) is 1.31. The topological polar surface area (TPSA) is 41.6 Å². The summed E-state index contributed by atoms with van der Waals surface area (Å²) < 4.78 is 5.77. The van der Waals surface area contributed by atoms with Crippen LogP contribution in [0.15, 0.2) is 0 Å². The van der Waals surface area contributed by atoms with Crippen molar-refractivity contribution in [2.75, 3.05) is 26.2 Å². The molecular weight excluding hydrogens is 216 g/mol. The quantitative estimate of drug-likeness (QED) is 0.739. The van der Waals surface area contributed by atoms with Gasteiger partial charge in [0.1, 0.15) is 0 Å². The van der Waals surface area contributed by atoms with Gasteiger partial charge in [-0.05, 0) is 32.7 Å². The summed E-state index contributed by atoms with van der Waals surface area (Å²) in [5, 5.41) is 3.33. The molecule has 2 rings (SSSR count). The minimum absolute atomic E-state index is 0.0445.